The van der Waals surface area contributed by atoms with Gasteiger partial charge in [-0.15, -0.1) is 0 Å². The number of fused-ring (bicyclic) bond motifs is 5. The topological polar surface area (TPSA) is 65.0 Å². The lowest BCUT2D eigenvalue weighted by Crippen LogP contribution is -2.43. The fraction of sp³-hybridized carbons (Fsp3) is 0.968. The molecule has 2 aliphatic carbocycles. The lowest BCUT2D eigenvalue weighted by atomic mass is 9.68. The highest BCUT2D eigenvalue weighted by Gasteiger charge is 2.62. The molecule has 5 rings (SSSR count). The summed E-state index contributed by atoms with van der Waals surface area (Å²) in [5.74, 6) is 1.57. The Hall–Kier alpha value is -0.650. The van der Waals surface area contributed by atoms with Gasteiger partial charge in [-0.2, -0.15) is 0 Å². The van der Waals surface area contributed by atoms with Crippen LogP contribution in [0.2, 0.25) is 0 Å². The molecule has 1 N–H and O–H groups in total. The first kappa shape index (κ1) is 29.9. The van der Waals surface area contributed by atoms with E-state index in [1.54, 1.807) is 0 Å². The average Bonchev–Trinajstić information content (AvgIpc) is 3.68. The molecule has 3 heterocycles. The van der Waals surface area contributed by atoms with E-state index in [1.807, 2.05) is 34.6 Å². The van der Waals surface area contributed by atoms with E-state index in [0.717, 1.165) is 44.9 Å². The van der Waals surface area contributed by atoms with Crippen LogP contribution in [-0.4, -0.2) is 46.7 Å². The first-order chi connectivity index (χ1) is 17.4. The fourth-order valence-electron chi connectivity index (χ4n) is 8.44. The van der Waals surface area contributed by atoms with Gasteiger partial charge in [0.1, 0.15) is 5.60 Å². The molecule has 2 saturated carbocycles. The Morgan fingerprint density at radius 3 is 2.11 bits per heavy atom. The van der Waals surface area contributed by atoms with Gasteiger partial charge in [-0.1, -0.05) is 54.4 Å². The number of esters is 1. The van der Waals surface area contributed by atoms with E-state index < -0.39 is 5.60 Å². The van der Waals surface area contributed by atoms with Crippen molar-refractivity contribution in [1.29, 1.82) is 0 Å². The van der Waals surface area contributed by atoms with Gasteiger partial charge >= 0.3 is 5.97 Å². The number of carbonyl (C=O) groups is 1. The van der Waals surface area contributed by atoms with E-state index in [1.165, 1.54) is 25.7 Å². The highest BCUT2D eigenvalue weighted by molar-refractivity contribution is 5.71. The van der Waals surface area contributed by atoms with Crippen LogP contribution in [-0.2, 0) is 19.0 Å². The minimum Gasteiger partial charge on any atom is -0.459 e. The van der Waals surface area contributed by atoms with Gasteiger partial charge in [-0.05, 0) is 83.0 Å². The summed E-state index contributed by atoms with van der Waals surface area (Å²) < 4.78 is 19.0. The van der Waals surface area contributed by atoms with E-state index in [9.17, 15) is 9.90 Å². The number of aliphatic hydroxyl groups is 1. The van der Waals surface area contributed by atoms with Gasteiger partial charge in [-0.25, -0.2) is 0 Å². The van der Waals surface area contributed by atoms with Crippen molar-refractivity contribution in [1.82, 2.24) is 0 Å². The number of hydrogen-bond acceptors (Lipinski definition) is 5. The molecule has 5 heteroatoms. The molecule has 0 aromatic rings. The third kappa shape index (κ3) is 5.99. The van der Waals surface area contributed by atoms with Gasteiger partial charge < -0.3 is 19.3 Å². The van der Waals surface area contributed by atoms with Crippen LogP contribution in [0.3, 0.4) is 0 Å². The van der Waals surface area contributed by atoms with Crippen molar-refractivity contribution < 1.29 is 24.1 Å². The van der Waals surface area contributed by atoms with Crippen molar-refractivity contribution in [2.24, 2.45) is 23.7 Å². The lowest BCUT2D eigenvalue weighted by Gasteiger charge is -2.37. The van der Waals surface area contributed by atoms with Crippen LogP contribution in [0, 0.1) is 23.7 Å². The van der Waals surface area contributed by atoms with Gasteiger partial charge in [0, 0.05) is 11.8 Å². The molecular weight excluding hydrogens is 452 g/mol. The van der Waals surface area contributed by atoms with Crippen LogP contribution in [0.25, 0.3) is 0 Å². The van der Waals surface area contributed by atoms with Crippen molar-refractivity contribution in [2.45, 2.75) is 168 Å². The van der Waals surface area contributed by atoms with Gasteiger partial charge in [0.2, 0.25) is 0 Å². The zero-order valence-corrected chi connectivity index (χ0v) is 24.4. The summed E-state index contributed by atoms with van der Waals surface area (Å²) in [6, 6.07) is 0. The highest BCUT2D eigenvalue weighted by atomic mass is 16.6. The highest BCUT2D eigenvalue weighted by Crippen LogP contribution is 2.56. The molecule has 210 valence electrons. The minimum absolute atomic E-state index is 0.0920. The van der Waals surface area contributed by atoms with Crippen LogP contribution in [0.15, 0.2) is 0 Å². The van der Waals surface area contributed by atoms with E-state index in [0.29, 0.717) is 36.2 Å². The molecule has 0 spiro atoms. The van der Waals surface area contributed by atoms with E-state index >= 15 is 0 Å². The quantitative estimate of drug-likeness (QED) is 0.351. The van der Waals surface area contributed by atoms with Crippen molar-refractivity contribution in [3.05, 3.63) is 0 Å². The molecule has 36 heavy (non-hydrogen) atoms. The summed E-state index contributed by atoms with van der Waals surface area (Å²) in [7, 11) is 0. The summed E-state index contributed by atoms with van der Waals surface area (Å²) in [4.78, 5) is 13.0. The minimum atomic E-state index is -1.05. The summed E-state index contributed by atoms with van der Waals surface area (Å²) in [5.41, 5.74) is -1.30. The Balaban J connectivity index is 0.000000861. The summed E-state index contributed by atoms with van der Waals surface area (Å²) in [6.45, 7) is 14.2. The van der Waals surface area contributed by atoms with Gasteiger partial charge in [0.25, 0.3) is 0 Å². The smallest absolute Gasteiger partial charge is 0.309 e. The normalized spacial score (nSPS) is 37.9. The van der Waals surface area contributed by atoms with Crippen molar-refractivity contribution in [3.63, 3.8) is 0 Å². The molecular formula is C31H56O5. The Morgan fingerprint density at radius 2 is 1.53 bits per heavy atom. The predicted octanol–water partition coefficient (Wildman–Crippen LogP) is 7.22. The predicted molar refractivity (Wildman–Crippen MR) is 145 cm³/mol. The zero-order valence-electron chi connectivity index (χ0n) is 24.4. The largest absolute Gasteiger partial charge is 0.459 e. The molecule has 0 aromatic heterocycles. The Kier molecular flexibility index (Phi) is 10.7. The second kappa shape index (κ2) is 12.9. The van der Waals surface area contributed by atoms with Crippen molar-refractivity contribution in [3.8, 4) is 0 Å². The Morgan fingerprint density at radius 1 is 0.944 bits per heavy atom. The maximum atomic E-state index is 13.0. The maximum Gasteiger partial charge on any atom is 0.309 e. The molecule has 0 amide bonds. The number of rotatable bonds is 8. The summed E-state index contributed by atoms with van der Waals surface area (Å²) >= 11 is 0. The number of ether oxygens (including phenoxy) is 3. The third-order valence-electron chi connectivity index (χ3n) is 9.69. The summed E-state index contributed by atoms with van der Waals surface area (Å²) in [6.07, 6.45) is 14.0. The monoisotopic (exact) mass is 508 g/mol. The van der Waals surface area contributed by atoms with Crippen LogP contribution in [0.5, 0.6) is 0 Å². The Labute approximate surface area is 221 Å². The van der Waals surface area contributed by atoms with Crippen LogP contribution in [0.4, 0.5) is 0 Å². The fourth-order valence-corrected chi connectivity index (χ4v) is 8.44. The Bertz CT molecular complexity index is 678. The summed E-state index contributed by atoms with van der Waals surface area (Å²) in [5, 5.41) is 11.3. The molecule has 8 atom stereocenters. The van der Waals surface area contributed by atoms with E-state index in [2.05, 4.69) is 13.8 Å². The molecule has 3 aliphatic heterocycles. The molecule has 5 fully saturated rings. The van der Waals surface area contributed by atoms with Crippen molar-refractivity contribution in [2.75, 3.05) is 0 Å². The maximum absolute atomic E-state index is 13.0. The molecule has 0 aromatic carbocycles. The molecule has 5 aliphatic rings. The van der Waals surface area contributed by atoms with Gasteiger partial charge in [-0.3, -0.25) is 4.79 Å². The second-order valence-electron chi connectivity index (χ2n) is 11.9. The molecule has 2 bridgehead atoms. The van der Waals surface area contributed by atoms with Gasteiger partial charge in [0.05, 0.1) is 36.4 Å². The third-order valence-corrected chi connectivity index (χ3v) is 9.69. The first-order valence-electron chi connectivity index (χ1n) is 15.6. The average molecular weight is 509 g/mol. The SMILES string of the molecule is CC.CC.CCC1OC(CC)C2C3OC(CC3CC(C)(O)CC(=O)OC3(C4CCCC4)CCCC3)C12. The van der Waals surface area contributed by atoms with Crippen molar-refractivity contribution >= 4 is 5.97 Å². The van der Waals surface area contributed by atoms with Gasteiger partial charge in [0.15, 0.2) is 0 Å². The standard InChI is InChI=1S/C27H44O5.2C2H6/c1-4-19-23-21-14-17(25(31-21)24(23)20(5-2)30-19)15-26(3,29)16-22(28)32-27(12-8-9-13-27)18-10-6-7-11-18;2*1-2/h17-21,23-25,29H,4-16H2,1-3H3;2*1-2H3. The molecule has 8 unspecified atom stereocenters. The molecule has 5 nitrogen and oxygen atoms in total. The van der Waals surface area contributed by atoms with E-state index in [4.69, 9.17) is 14.2 Å². The molecule has 3 saturated heterocycles. The lowest BCUT2D eigenvalue weighted by molar-refractivity contribution is -0.171. The number of carbonyl (C=O) groups excluding carboxylic acids is 1. The first-order valence-corrected chi connectivity index (χ1v) is 15.6. The molecule has 0 radical (unpaired) electrons. The van der Waals surface area contributed by atoms with E-state index in [-0.39, 0.29) is 36.3 Å². The van der Waals surface area contributed by atoms with Crippen LogP contribution >= 0.6 is 0 Å². The zero-order chi connectivity index (χ0) is 26.5. The number of hydrogen-bond donors (Lipinski definition) is 1. The van der Waals surface area contributed by atoms with Crippen LogP contribution < -0.4 is 0 Å². The van der Waals surface area contributed by atoms with Crippen LogP contribution in [0.1, 0.15) is 132 Å². The second-order valence-corrected chi connectivity index (χ2v) is 11.9.